The smallest absolute Gasteiger partial charge is 0.256 e. The molecule has 0 aromatic heterocycles. The Morgan fingerprint density at radius 2 is 0.683 bits per heavy atom. The molecule has 386 valence electrons. The average molecular weight is 1050 g/mol. The first kappa shape index (κ1) is 47.6. The van der Waals surface area contributed by atoms with Crippen LogP contribution in [0.3, 0.4) is 0 Å². The van der Waals surface area contributed by atoms with Gasteiger partial charge in [-0.15, -0.1) is 0 Å². The van der Waals surface area contributed by atoms with Crippen molar-refractivity contribution in [2.75, 3.05) is 14.7 Å². The molecule has 0 fully saturated rings. The number of rotatable bonds is 9. The van der Waals surface area contributed by atoms with E-state index in [1.54, 1.807) is 0 Å². The first-order valence-corrected chi connectivity index (χ1v) is 28.1. The lowest BCUT2D eigenvalue weighted by Gasteiger charge is -2.45. The predicted molar refractivity (Wildman–Crippen MR) is 340 cm³/mol. The van der Waals surface area contributed by atoms with E-state index in [2.05, 4.69) is 283 Å². The monoisotopic (exact) mass is 1050 g/mol. The van der Waals surface area contributed by atoms with Gasteiger partial charge in [-0.2, -0.15) is 0 Å². The van der Waals surface area contributed by atoms with Crippen LogP contribution in [0.1, 0.15) is 11.1 Å². The zero-order chi connectivity index (χ0) is 54.4. The number of fused-ring (bicyclic) bond motifs is 8. The van der Waals surface area contributed by atoms with Crippen LogP contribution in [-0.2, 0) is 0 Å². The first-order valence-electron chi connectivity index (χ1n) is 28.1. The number of nitrogens with zero attached hydrogens (tertiary/aromatic N) is 3. The molecule has 4 aliphatic rings. The van der Waals surface area contributed by atoms with E-state index in [1.807, 2.05) is 18.2 Å². The highest BCUT2D eigenvalue weighted by atomic mass is 16.5. The van der Waals surface area contributed by atoms with Crippen LogP contribution in [0.2, 0.25) is 0 Å². The standard InChI is InChI=1S/C74H51B2N3O3/c1-48-34-36-61-65(38-48)77(54-26-12-5-13-27-54)68-42-59(80-57-32-18-24-52(40-57)50-20-8-3-9-21-50)43-69-73(68)75(61)63-46-64-71(47-67(63)79(69)56-30-16-7-17-31-56)82-72-45-60(81-58-33-19-25-53(41-58)51-22-10-4-11-23-51)44-70-74(72)76(64)62-37-35-49(2)39-66(62)78(70)55-28-14-6-15-29-55/h3-47H,1-2H3. The summed E-state index contributed by atoms with van der Waals surface area (Å²) in [7, 11) is 0. The summed E-state index contributed by atoms with van der Waals surface area (Å²) in [4.78, 5) is 7.27. The van der Waals surface area contributed by atoms with E-state index in [1.165, 1.54) is 33.0 Å². The van der Waals surface area contributed by atoms with Gasteiger partial charge in [0, 0.05) is 81.5 Å². The molecule has 4 aliphatic heterocycles. The van der Waals surface area contributed by atoms with Crippen LogP contribution in [0, 0.1) is 13.8 Å². The number of hydrogen-bond donors (Lipinski definition) is 0. The fraction of sp³-hybridized carbons (Fsp3) is 0.0270. The lowest BCUT2D eigenvalue weighted by molar-refractivity contribution is 0.463. The van der Waals surface area contributed by atoms with E-state index in [0.29, 0.717) is 5.75 Å². The maximum absolute atomic E-state index is 7.51. The first-order chi connectivity index (χ1) is 40.5. The normalized spacial score (nSPS) is 13.0. The molecule has 0 spiro atoms. The zero-order valence-corrected chi connectivity index (χ0v) is 45.2. The molecule has 0 bridgehead atoms. The SMILES string of the molecule is Cc1ccc2c(c1)N(c1ccccc1)c1cc(Oc3cccc(-c4ccccc4)c3)cc3c1B2c1cc2c(cc1O3)N(c1ccccc1)c1cc(Oc3cccc(-c4ccccc4)c3)cc3c1B2c1ccc(C)cc1N3c1ccccc1. The summed E-state index contributed by atoms with van der Waals surface area (Å²) in [6.07, 6.45) is 0. The topological polar surface area (TPSA) is 37.4 Å². The van der Waals surface area contributed by atoms with Gasteiger partial charge in [-0.1, -0.05) is 170 Å². The third-order valence-electron chi connectivity index (χ3n) is 16.6. The lowest BCUT2D eigenvalue weighted by atomic mass is 9.30. The van der Waals surface area contributed by atoms with Crippen molar-refractivity contribution >= 4 is 97.4 Å². The average Bonchev–Trinajstić information content (AvgIpc) is 1.48. The van der Waals surface area contributed by atoms with Gasteiger partial charge in [0.05, 0.1) is 0 Å². The summed E-state index contributed by atoms with van der Waals surface area (Å²) in [5, 5.41) is 0. The number of aryl methyl sites for hydroxylation is 2. The molecular weight excluding hydrogens is 1000 g/mol. The van der Waals surface area contributed by atoms with Crippen LogP contribution < -0.4 is 61.7 Å². The van der Waals surface area contributed by atoms with Crippen molar-refractivity contribution in [3.63, 3.8) is 0 Å². The van der Waals surface area contributed by atoms with Crippen LogP contribution >= 0.6 is 0 Å². The van der Waals surface area contributed by atoms with Gasteiger partial charge in [0.1, 0.15) is 34.5 Å². The third kappa shape index (κ3) is 7.89. The summed E-state index contributed by atoms with van der Waals surface area (Å²) >= 11 is 0. The van der Waals surface area contributed by atoms with Gasteiger partial charge in [0.15, 0.2) is 0 Å². The molecule has 0 unspecified atom stereocenters. The number of anilines is 9. The van der Waals surface area contributed by atoms with Crippen LogP contribution in [-0.4, -0.2) is 13.4 Å². The molecule has 0 radical (unpaired) electrons. The molecule has 0 atom stereocenters. The summed E-state index contributed by atoms with van der Waals surface area (Å²) in [6, 6.07) is 97.4. The highest BCUT2D eigenvalue weighted by Crippen LogP contribution is 2.49. The van der Waals surface area contributed by atoms with Crippen molar-refractivity contribution in [3.8, 4) is 56.8 Å². The molecular formula is C74H51B2N3O3. The Balaban J connectivity index is 0.927. The Kier molecular flexibility index (Phi) is 11.1. The maximum Gasteiger partial charge on any atom is 0.256 e. The fourth-order valence-electron chi connectivity index (χ4n) is 13.1. The van der Waals surface area contributed by atoms with E-state index < -0.39 is 0 Å². The van der Waals surface area contributed by atoms with Crippen LogP contribution in [0.25, 0.3) is 22.3 Å². The summed E-state index contributed by atoms with van der Waals surface area (Å²) < 4.78 is 21.6. The van der Waals surface area contributed by atoms with Crippen molar-refractivity contribution in [3.05, 3.63) is 284 Å². The van der Waals surface area contributed by atoms with E-state index in [9.17, 15) is 0 Å². The Morgan fingerprint density at radius 1 is 0.280 bits per heavy atom. The van der Waals surface area contributed by atoms with Crippen molar-refractivity contribution in [2.24, 2.45) is 0 Å². The van der Waals surface area contributed by atoms with Gasteiger partial charge in [0.25, 0.3) is 13.4 Å². The molecule has 12 aromatic carbocycles. The second-order valence-electron chi connectivity index (χ2n) is 21.8. The molecule has 0 saturated carbocycles. The Hall–Kier alpha value is -10.4. The molecule has 0 saturated heterocycles. The molecule has 6 nitrogen and oxygen atoms in total. The van der Waals surface area contributed by atoms with Crippen molar-refractivity contribution in [2.45, 2.75) is 13.8 Å². The maximum atomic E-state index is 7.51. The van der Waals surface area contributed by atoms with E-state index >= 15 is 0 Å². The highest BCUT2D eigenvalue weighted by Gasteiger charge is 2.48. The van der Waals surface area contributed by atoms with Gasteiger partial charge >= 0.3 is 0 Å². The number of para-hydroxylation sites is 3. The van der Waals surface area contributed by atoms with Gasteiger partial charge in [-0.05, 0) is 153 Å². The minimum absolute atomic E-state index is 0.165. The third-order valence-corrected chi connectivity index (χ3v) is 16.6. The minimum Gasteiger partial charge on any atom is -0.458 e. The number of ether oxygens (including phenoxy) is 3. The highest BCUT2D eigenvalue weighted by molar-refractivity contribution is 7.02. The molecule has 0 N–H and O–H groups in total. The van der Waals surface area contributed by atoms with Crippen LogP contribution in [0.5, 0.6) is 34.5 Å². The molecule has 0 aliphatic carbocycles. The summed E-state index contributed by atoms with van der Waals surface area (Å²) in [5.74, 6) is 4.46. The van der Waals surface area contributed by atoms with E-state index in [4.69, 9.17) is 14.2 Å². The second kappa shape index (κ2) is 19.1. The van der Waals surface area contributed by atoms with Gasteiger partial charge in [-0.3, -0.25) is 0 Å². The Labute approximate surface area is 478 Å². The molecule has 16 rings (SSSR count). The van der Waals surface area contributed by atoms with Gasteiger partial charge in [-0.25, -0.2) is 0 Å². The zero-order valence-electron chi connectivity index (χ0n) is 45.2. The molecule has 4 heterocycles. The van der Waals surface area contributed by atoms with E-state index in [-0.39, 0.29) is 13.4 Å². The Bertz CT molecular complexity index is 4490. The van der Waals surface area contributed by atoms with Crippen LogP contribution in [0.15, 0.2) is 273 Å². The lowest BCUT2D eigenvalue weighted by Crippen LogP contribution is -2.64. The predicted octanol–water partition coefficient (Wildman–Crippen LogP) is 15.7. The molecule has 12 aromatic rings. The van der Waals surface area contributed by atoms with Crippen molar-refractivity contribution in [1.29, 1.82) is 0 Å². The molecule has 0 amide bonds. The van der Waals surface area contributed by atoms with Gasteiger partial charge < -0.3 is 28.9 Å². The van der Waals surface area contributed by atoms with Crippen molar-refractivity contribution < 1.29 is 14.2 Å². The van der Waals surface area contributed by atoms with Crippen LogP contribution in [0.4, 0.5) is 51.2 Å². The number of benzene rings is 12. The number of hydrogen-bond acceptors (Lipinski definition) is 6. The van der Waals surface area contributed by atoms with Crippen molar-refractivity contribution in [1.82, 2.24) is 0 Å². The molecule has 8 heteroatoms. The minimum atomic E-state index is -0.180. The summed E-state index contributed by atoms with van der Waals surface area (Å²) in [5.41, 5.74) is 23.4. The second-order valence-corrected chi connectivity index (χ2v) is 21.8. The fourth-order valence-corrected chi connectivity index (χ4v) is 13.1. The van der Waals surface area contributed by atoms with E-state index in [0.717, 1.165) is 113 Å². The molecule has 82 heavy (non-hydrogen) atoms. The quantitative estimate of drug-likeness (QED) is 0.134. The summed E-state index contributed by atoms with van der Waals surface area (Å²) in [6.45, 7) is 4.03. The Morgan fingerprint density at radius 3 is 1.16 bits per heavy atom. The van der Waals surface area contributed by atoms with Gasteiger partial charge in [0.2, 0.25) is 0 Å². The largest absolute Gasteiger partial charge is 0.458 e.